The molecule has 0 fully saturated rings. The third kappa shape index (κ3) is 5.72. The Balaban J connectivity index is 1.92. The van der Waals surface area contributed by atoms with E-state index in [0.29, 0.717) is 30.3 Å². The first-order valence-electron chi connectivity index (χ1n) is 9.11. The maximum Gasteiger partial charge on any atom is 0.162 e. The van der Waals surface area contributed by atoms with Crippen LogP contribution in [0.1, 0.15) is 23.6 Å². The minimum absolute atomic E-state index is 0.449. The average Bonchev–Trinajstić information content (AvgIpc) is 2.74. The summed E-state index contributed by atoms with van der Waals surface area (Å²) in [5, 5.41) is 9.64. The number of halogens is 2. The van der Waals surface area contributed by atoms with Gasteiger partial charge >= 0.3 is 0 Å². The van der Waals surface area contributed by atoms with Crippen molar-refractivity contribution >= 4 is 43.5 Å². The summed E-state index contributed by atoms with van der Waals surface area (Å²) in [5.74, 6) is 1.30. The van der Waals surface area contributed by atoms with Gasteiger partial charge in [0, 0.05) is 8.95 Å². The molecule has 29 heavy (non-hydrogen) atoms. The molecule has 0 heterocycles. The summed E-state index contributed by atoms with van der Waals surface area (Å²) < 4.78 is 13.6. The number of benzene rings is 3. The van der Waals surface area contributed by atoms with Crippen LogP contribution in [-0.4, -0.2) is 6.61 Å². The van der Waals surface area contributed by atoms with E-state index in [4.69, 9.17) is 9.47 Å². The topological polar surface area (TPSA) is 42.2 Å². The lowest BCUT2D eigenvalue weighted by atomic mass is 10.0. The predicted octanol–water partition coefficient (Wildman–Crippen LogP) is 7.25. The van der Waals surface area contributed by atoms with Crippen molar-refractivity contribution in [3.05, 3.63) is 92.4 Å². The quantitative estimate of drug-likeness (QED) is 0.247. The monoisotopic (exact) mass is 511 g/mol. The fourth-order valence-electron chi connectivity index (χ4n) is 2.74. The summed E-state index contributed by atoms with van der Waals surface area (Å²) in [4.78, 5) is 0. The number of hydrogen-bond donors (Lipinski definition) is 0. The number of nitriles is 1. The molecular formula is C24H19Br2NO2. The van der Waals surface area contributed by atoms with Gasteiger partial charge in [0.15, 0.2) is 11.5 Å². The predicted molar refractivity (Wildman–Crippen MR) is 124 cm³/mol. The van der Waals surface area contributed by atoms with Crippen molar-refractivity contribution in [1.82, 2.24) is 0 Å². The Kier molecular flexibility index (Phi) is 7.51. The molecule has 0 radical (unpaired) electrons. The van der Waals surface area contributed by atoms with Gasteiger partial charge in [0.05, 0.1) is 18.2 Å². The van der Waals surface area contributed by atoms with E-state index in [9.17, 15) is 5.26 Å². The fraction of sp³-hybridized carbons (Fsp3) is 0.125. The van der Waals surface area contributed by atoms with Crippen molar-refractivity contribution in [2.75, 3.05) is 6.61 Å². The van der Waals surface area contributed by atoms with E-state index < -0.39 is 0 Å². The van der Waals surface area contributed by atoms with E-state index in [1.807, 2.05) is 79.7 Å². The van der Waals surface area contributed by atoms with Crippen LogP contribution in [0.4, 0.5) is 0 Å². The second-order valence-electron chi connectivity index (χ2n) is 6.20. The third-order valence-corrected chi connectivity index (χ3v) is 5.39. The fourth-order valence-corrected chi connectivity index (χ4v) is 3.44. The van der Waals surface area contributed by atoms with Crippen molar-refractivity contribution in [3.63, 3.8) is 0 Å². The highest BCUT2D eigenvalue weighted by atomic mass is 79.9. The van der Waals surface area contributed by atoms with Gasteiger partial charge in [-0.3, -0.25) is 0 Å². The molecule has 0 amide bonds. The Morgan fingerprint density at radius 3 is 2.31 bits per heavy atom. The molecule has 3 aromatic carbocycles. The summed E-state index contributed by atoms with van der Waals surface area (Å²) in [6, 6.07) is 23.7. The van der Waals surface area contributed by atoms with E-state index in [1.165, 1.54) is 0 Å². The Bertz CT molecular complexity index is 1040. The Labute approximate surface area is 187 Å². The first-order valence-corrected chi connectivity index (χ1v) is 10.7. The van der Waals surface area contributed by atoms with Gasteiger partial charge in [0.25, 0.3) is 0 Å². The molecule has 0 aliphatic rings. The molecule has 5 heteroatoms. The zero-order valence-corrected chi connectivity index (χ0v) is 19.0. The van der Waals surface area contributed by atoms with Crippen LogP contribution in [-0.2, 0) is 6.61 Å². The van der Waals surface area contributed by atoms with Crippen LogP contribution in [0.15, 0.2) is 75.7 Å². The van der Waals surface area contributed by atoms with E-state index >= 15 is 0 Å². The molecule has 0 saturated carbocycles. The summed E-state index contributed by atoms with van der Waals surface area (Å²) in [7, 11) is 0. The highest BCUT2D eigenvalue weighted by Gasteiger charge is 2.12. The summed E-state index contributed by atoms with van der Waals surface area (Å²) in [5.41, 5.74) is 3.35. The second-order valence-corrected chi connectivity index (χ2v) is 7.97. The first-order chi connectivity index (χ1) is 14.1. The molecule has 3 rings (SSSR count). The molecule has 3 aromatic rings. The molecular weight excluding hydrogens is 494 g/mol. The molecule has 0 atom stereocenters. The molecule has 0 N–H and O–H groups in total. The van der Waals surface area contributed by atoms with E-state index in [1.54, 1.807) is 0 Å². The molecule has 0 spiro atoms. The van der Waals surface area contributed by atoms with E-state index in [0.717, 1.165) is 25.6 Å². The molecule has 0 unspecified atom stereocenters. The van der Waals surface area contributed by atoms with Crippen LogP contribution in [0, 0.1) is 11.3 Å². The van der Waals surface area contributed by atoms with Crippen LogP contribution < -0.4 is 9.47 Å². The minimum atomic E-state index is 0.449. The van der Waals surface area contributed by atoms with Gasteiger partial charge in [-0.25, -0.2) is 0 Å². The van der Waals surface area contributed by atoms with Gasteiger partial charge in [0.1, 0.15) is 6.61 Å². The van der Waals surface area contributed by atoms with Crippen molar-refractivity contribution in [3.8, 4) is 17.6 Å². The van der Waals surface area contributed by atoms with Crippen molar-refractivity contribution < 1.29 is 9.47 Å². The molecule has 3 nitrogen and oxygen atoms in total. The molecule has 0 saturated heterocycles. The molecule has 0 aliphatic carbocycles. The normalized spacial score (nSPS) is 11.0. The van der Waals surface area contributed by atoms with Gasteiger partial charge in [0.2, 0.25) is 0 Å². The van der Waals surface area contributed by atoms with Crippen LogP contribution in [0.5, 0.6) is 11.5 Å². The maximum absolute atomic E-state index is 9.64. The zero-order valence-electron chi connectivity index (χ0n) is 15.9. The smallest absolute Gasteiger partial charge is 0.162 e. The highest BCUT2D eigenvalue weighted by molar-refractivity contribution is 9.10. The summed E-state index contributed by atoms with van der Waals surface area (Å²) in [6.45, 7) is 2.90. The molecule has 146 valence electrons. The standard InChI is InChI=1S/C24H19Br2NO2/c1-2-28-23-13-19(12-20(15-27)18-8-10-21(25)11-9-18)22(26)14-24(23)29-16-17-6-4-3-5-7-17/h3-14H,2,16H2,1H3/b20-12+. The maximum atomic E-state index is 9.64. The number of ether oxygens (including phenoxy) is 2. The van der Waals surface area contributed by atoms with Gasteiger partial charge in [-0.15, -0.1) is 0 Å². The average molecular weight is 513 g/mol. The van der Waals surface area contributed by atoms with Crippen molar-refractivity contribution in [2.45, 2.75) is 13.5 Å². The second kappa shape index (κ2) is 10.3. The van der Waals surface area contributed by atoms with Gasteiger partial charge in [-0.05, 0) is 54.0 Å². The Morgan fingerprint density at radius 2 is 1.66 bits per heavy atom. The Morgan fingerprint density at radius 1 is 0.966 bits per heavy atom. The highest BCUT2D eigenvalue weighted by Crippen LogP contribution is 2.36. The van der Waals surface area contributed by atoms with Gasteiger partial charge in [-0.1, -0.05) is 74.3 Å². The SMILES string of the molecule is CCOc1cc(/C=C(\C#N)c2ccc(Br)cc2)c(Br)cc1OCc1ccccc1. The number of rotatable bonds is 7. The number of allylic oxidation sites excluding steroid dienone is 1. The number of nitrogens with zero attached hydrogens (tertiary/aromatic N) is 1. The molecule has 0 aliphatic heterocycles. The van der Waals surface area contributed by atoms with Gasteiger partial charge in [-0.2, -0.15) is 5.26 Å². The lowest BCUT2D eigenvalue weighted by Crippen LogP contribution is -2.00. The summed E-state index contributed by atoms with van der Waals surface area (Å²) in [6.07, 6.45) is 1.84. The van der Waals surface area contributed by atoms with Crippen molar-refractivity contribution in [2.24, 2.45) is 0 Å². The minimum Gasteiger partial charge on any atom is -0.490 e. The first kappa shape index (κ1) is 21.2. The lowest BCUT2D eigenvalue weighted by molar-refractivity contribution is 0.269. The zero-order chi connectivity index (χ0) is 20.6. The van der Waals surface area contributed by atoms with Gasteiger partial charge < -0.3 is 9.47 Å². The largest absolute Gasteiger partial charge is 0.490 e. The molecule has 0 aromatic heterocycles. The Hall–Kier alpha value is -2.55. The van der Waals surface area contributed by atoms with Crippen LogP contribution in [0.25, 0.3) is 11.6 Å². The van der Waals surface area contributed by atoms with Crippen molar-refractivity contribution in [1.29, 1.82) is 5.26 Å². The summed E-state index contributed by atoms with van der Waals surface area (Å²) >= 11 is 7.02. The van der Waals surface area contributed by atoms with Crippen LogP contribution >= 0.6 is 31.9 Å². The van der Waals surface area contributed by atoms with Crippen LogP contribution in [0.3, 0.4) is 0 Å². The third-order valence-electron chi connectivity index (χ3n) is 4.18. The van der Waals surface area contributed by atoms with E-state index in [2.05, 4.69) is 37.9 Å². The molecule has 0 bridgehead atoms. The van der Waals surface area contributed by atoms with Crippen LogP contribution in [0.2, 0.25) is 0 Å². The number of hydrogen-bond acceptors (Lipinski definition) is 3. The lowest BCUT2D eigenvalue weighted by Gasteiger charge is -2.14. The van der Waals surface area contributed by atoms with E-state index in [-0.39, 0.29) is 0 Å².